The molecule has 1 aromatic heterocycles. The SMILES string of the molecule is OC[C@H]1O[C@H](Oc2ccsc2)[C@H](O)[C@@H](O)[C@@H]1O. The molecule has 1 fully saturated rings. The molecule has 1 aliphatic rings. The van der Waals surface area contributed by atoms with E-state index in [1.54, 1.807) is 16.8 Å². The Labute approximate surface area is 102 Å². The van der Waals surface area contributed by atoms with Crippen molar-refractivity contribution < 1.29 is 29.9 Å². The van der Waals surface area contributed by atoms with Crippen molar-refractivity contribution in [3.8, 4) is 5.75 Å². The lowest BCUT2D eigenvalue weighted by molar-refractivity contribution is -0.277. The summed E-state index contributed by atoms with van der Waals surface area (Å²) in [6.07, 6.45) is -6.20. The summed E-state index contributed by atoms with van der Waals surface area (Å²) in [7, 11) is 0. The lowest BCUT2D eigenvalue weighted by atomic mass is 9.99. The fourth-order valence-electron chi connectivity index (χ4n) is 1.62. The predicted octanol–water partition coefficient (Wildman–Crippen LogP) is -1.07. The second-order valence-electron chi connectivity index (χ2n) is 3.77. The van der Waals surface area contributed by atoms with E-state index in [9.17, 15) is 15.3 Å². The summed E-state index contributed by atoms with van der Waals surface area (Å²) in [5.41, 5.74) is 0. The Morgan fingerprint density at radius 1 is 1.24 bits per heavy atom. The van der Waals surface area contributed by atoms with Crippen LogP contribution in [0.25, 0.3) is 0 Å². The van der Waals surface area contributed by atoms with Crippen molar-refractivity contribution in [1.82, 2.24) is 0 Å². The average Bonchev–Trinajstić information content (AvgIpc) is 2.83. The van der Waals surface area contributed by atoms with Crippen LogP contribution in [0, 0.1) is 0 Å². The highest BCUT2D eigenvalue weighted by Gasteiger charge is 2.44. The molecule has 0 aliphatic carbocycles. The molecule has 17 heavy (non-hydrogen) atoms. The van der Waals surface area contributed by atoms with Crippen LogP contribution in [-0.4, -0.2) is 57.7 Å². The topological polar surface area (TPSA) is 99.4 Å². The molecule has 2 heterocycles. The lowest BCUT2D eigenvalue weighted by Crippen LogP contribution is -2.60. The summed E-state index contributed by atoms with van der Waals surface area (Å²) >= 11 is 1.41. The summed E-state index contributed by atoms with van der Waals surface area (Å²) < 4.78 is 10.5. The van der Waals surface area contributed by atoms with Crippen molar-refractivity contribution in [2.24, 2.45) is 0 Å². The Bertz CT molecular complexity index is 341. The molecule has 0 unspecified atom stereocenters. The van der Waals surface area contributed by atoms with Gasteiger partial charge < -0.3 is 29.9 Å². The molecule has 1 saturated heterocycles. The highest BCUT2D eigenvalue weighted by molar-refractivity contribution is 7.08. The number of hydrogen-bond acceptors (Lipinski definition) is 7. The first kappa shape index (κ1) is 12.7. The van der Waals surface area contributed by atoms with Crippen LogP contribution < -0.4 is 4.74 Å². The monoisotopic (exact) mass is 262 g/mol. The molecule has 1 aliphatic heterocycles. The average molecular weight is 262 g/mol. The summed E-state index contributed by atoms with van der Waals surface area (Å²) in [5, 5.41) is 41.2. The standard InChI is InChI=1S/C10H14O6S/c11-3-6-7(12)8(13)9(14)10(16-6)15-5-1-2-17-4-5/h1-2,4,6-14H,3H2/t6-,7-,8+,9-,10+/m1/s1. The molecular formula is C10H14O6S. The predicted molar refractivity (Wildman–Crippen MR) is 58.7 cm³/mol. The van der Waals surface area contributed by atoms with Crippen LogP contribution in [0.5, 0.6) is 5.75 Å². The number of hydrogen-bond donors (Lipinski definition) is 4. The zero-order valence-electron chi connectivity index (χ0n) is 8.84. The van der Waals surface area contributed by atoms with Gasteiger partial charge in [0.2, 0.25) is 6.29 Å². The molecule has 7 heteroatoms. The minimum absolute atomic E-state index is 0.464. The van der Waals surface area contributed by atoms with Gasteiger partial charge >= 0.3 is 0 Å². The van der Waals surface area contributed by atoms with Crippen molar-refractivity contribution in [2.45, 2.75) is 30.7 Å². The molecule has 6 nitrogen and oxygen atoms in total. The zero-order valence-corrected chi connectivity index (χ0v) is 9.66. The highest BCUT2D eigenvalue weighted by Crippen LogP contribution is 2.25. The van der Waals surface area contributed by atoms with Crippen molar-refractivity contribution in [1.29, 1.82) is 0 Å². The van der Waals surface area contributed by atoms with Crippen LogP contribution >= 0.6 is 11.3 Å². The van der Waals surface area contributed by atoms with Gasteiger partial charge in [0.1, 0.15) is 30.2 Å². The normalized spacial score (nSPS) is 38.0. The first-order valence-corrected chi connectivity index (χ1v) is 6.07. The minimum Gasteiger partial charge on any atom is -0.461 e. The molecular weight excluding hydrogens is 248 g/mol. The van der Waals surface area contributed by atoms with E-state index in [1.165, 1.54) is 11.3 Å². The van der Waals surface area contributed by atoms with Crippen molar-refractivity contribution in [3.63, 3.8) is 0 Å². The number of rotatable bonds is 3. The number of aliphatic hydroxyl groups excluding tert-OH is 4. The first-order valence-electron chi connectivity index (χ1n) is 5.13. The molecule has 1 aromatic rings. The van der Waals surface area contributed by atoms with Crippen molar-refractivity contribution >= 4 is 11.3 Å². The van der Waals surface area contributed by atoms with E-state index < -0.39 is 37.3 Å². The number of aliphatic hydroxyl groups is 4. The smallest absolute Gasteiger partial charge is 0.229 e. The highest BCUT2D eigenvalue weighted by atomic mass is 32.1. The fourth-order valence-corrected chi connectivity index (χ4v) is 2.18. The second kappa shape index (κ2) is 5.30. The third kappa shape index (κ3) is 2.59. The van der Waals surface area contributed by atoms with Gasteiger partial charge in [-0.3, -0.25) is 0 Å². The molecule has 0 bridgehead atoms. The molecule has 4 N–H and O–H groups in total. The quantitative estimate of drug-likeness (QED) is 0.553. The molecule has 5 atom stereocenters. The van der Waals surface area contributed by atoms with Gasteiger partial charge in [0.15, 0.2) is 0 Å². The molecule has 0 radical (unpaired) electrons. The van der Waals surface area contributed by atoms with Crippen LogP contribution in [0.3, 0.4) is 0 Å². The lowest BCUT2D eigenvalue weighted by Gasteiger charge is -2.39. The van der Waals surface area contributed by atoms with E-state index in [-0.39, 0.29) is 0 Å². The van der Waals surface area contributed by atoms with Crippen LogP contribution in [0.2, 0.25) is 0 Å². The third-order valence-corrected chi connectivity index (χ3v) is 3.26. The minimum atomic E-state index is -1.41. The second-order valence-corrected chi connectivity index (χ2v) is 4.55. The van der Waals surface area contributed by atoms with Crippen LogP contribution in [0.4, 0.5) is 0 Å². The van der Waals surface area contributed by atoms with E-state index >= 15 is 0 Å². The van der Waals surface area contributed by atoms with E-state index in [0.717, 1.165) is 0 Å². The van der Waals surface area contributed by atoms with E-state index in [2.05, 4.69) is 0 Å². The van der Waals surface area contributed by atoms with Crippen LogP contribution in [0.1, 0.15) is 0 Å². The van der Waals surface area contributed by atoms with Crippen molar-refractivity contribution in [3.05, 3.63) is 16.8 Å². The summed E-state index contributed by atoms with van der Waals surface area (Å²) in [5.74, 6) is 0.499. The van der Waals surface area contributed by atoms with Crippen LogP contribution in [0.15, 0.2) is 16.8 Å². The molecule has 96 valence electrons. The van der Waals surface area contributed by atoms with E-state index in [0.29, 0.717) is 5.75 Å². The number of ether oxygens (including phenoxy) is 2. The maximum atomic E-state index is 9.68. The van der Waals surface area contributed by atoms with E-state index in [4.69, 9.17) is 14.6 Å². The fraction of sp³-hybridized carbons (Fsp3) is 0.600. The first-order chi connectivity index (χ1) is 8.13. The third-order valence-electron chi connectivity index (χ3n) is 2.60. The maximum Gasteiger partial charge on any atom is 0.229 e. The van der Waals surface area contributed by atoms with Gasteiger partial charge in [-0.15, -0.1) is 11.3 Å². The zero-order chi connectivity index (χ0) is 12.4. The summed E-state index contributed by atoms with van der Waals surface area (Å²) in [6.45, 7) is -0.464. The Morgan fingerprint density at radius 3 is 2.59 bits per heavy atom. The van der Waals surface area contributed by atoms with Gasteiger partial charge in [0, 0.05) is 5.38 Å². The maximum absolute atomic E-state index is 9.68. The Hall–Kier alpha value is -0.700. The summed E-state index contributed by atoms with van der Waals surface area (Å²) in [4.78, 5) is 0. The Kier molecular flexibility index (Phi) is 3.97. The van der Waals surface area contributed by atoms with E-state index in [1.807, 2.05) is 0 Å². The number of thiophene rings is 1. The molecule has 0 spiro atoms. The van der Waals surface area contributed by atoms with Crippen molar-refractivity contribution in [2.75, 3.05) is 6.61 Å². The molecule has 2 rings (SSSR count). The van der Waals surface area contributed by atoms with Crippen LogP contribution in [-0.2, 0) is 4.74 Å². The molecule has 0 amide bonds. The van der Waals surface area contributed by atoms with Gasteiger partial charge in [-0.2, -0.15) is 0 Å². The molecule has 0 aromatic carbocycles. The molecule has 0 saturated carbocycles. The van der Waals surface area contributed by atoms with Gasteiger partial charge in [-0.25, -0.2) is 0 Å². The van der Waals surface area contributed by atoms with Gasteiger partial charge in [-0.1, -0.05) is 0 Å². The largest absolute Gasteiger partial charge is 0.461 e. The van der Waals surface area contributed by atoms with Gasteiger partial charge in [0.05, 0.1) is 6.61 Å². The Balaban J connectivity index is 2.06. The Morgan fingerprint density at radius 2 is 2.00 bits per heavy atom. The van der Waals surface area contributed by atoms with Gasteiger partial charge in [-0.05, 0) is 11.4 Å². The van der Waals surface area contributed by atoms with Gasteiger partial charge in [0.25, 0.3) is 0 Å². The summed E-state index contributed by atoms with van der Waals surface area (Å²) in [6, 6.07) is 1.69.